The third-order valence-electron chi connectivity index (χ3n) is 7.72. The molecule has 4 aromatic carbocycles. The highest BCUT2D eigenvalue weighted by Gasteiger charge is 2.48. The van der Waals surface area contributed by atoms with Crippen molar-refractivity contribution in [3.63, 3.8) is 0 Å². The molecule has 2 aliphatic heterocycles. The Bertz CT molecular complexity index is 1310. The van der Waals surface area contributed by atoms with Crippen molar-refractivity contribution in [2.45, 2.75) is 12.6 Å². The number of ether oxygens (including phenoxy) is 4. The molecule has 8 heteroatoms. The molecule has 0 bridgehead atoms. The van der Waals surface area contributed by atoms with Gasteiger partial charge in [-0.2, -0.15) is 0 Å². The fourth-order valence-electron chi connectivity index (χ4n) is 5.66. The second kappa shape index (κ2) is 12.3. The number of hydrogen-bond donors (Lipinski definition) is 0. The molecule has 4 radical (unpaired) electrons. The fraction of sp³-hybridized carbons (Fsp3) is 0.250. The molecule has 6 rings (SSSR count). The molecule has 2 unspecified atom stereocenters. The Hall–Kier alpha value is -2.29. The Labute approximate surface area is 240 Å². The van der Waals surface area contributed by atoms with Crippen LogP contribution in [-0.4, -0.2) is 53.9 Å². The fourth-order valence-corrected chi connectivity index (χ4v) is 13.1. The Morgan fingerprint density at radius 3 is 1.18 bits per heavy atom. The minimum absolute atomic E-state index is 0.410. The van der Waals surface area contributed by atoms with Gasteiger partial charge < -0.3 is 18.9 Å². The SMILES string of the molecule is [B][P+](CC[P+]([B])(c1ccccc1)c1ccccc1C1OCCO1)(c1ccccc1)c1ccccc1C1OCCO1. The molecule has 2 fully saturated rings. The average Bonchev–Trinajstić information content (AvgIpc) is 3.76. The Morgan fingerprint density at radius 2 is 0.800 bits per heavy atom. The van der Waals surface area contributed by atoms with E-state index in [1.54, 1.807) is 0 Å². The highest BCUT2D eigenvalue weighted by atomic mass is 31.2. The second-order valence-corrected chi connectivity index (χ2v) is 16.5. The number of benzene rings is 4. The van der Waals surface area contributed by atoms with E-state index in [9.17, 15) is 0 Å². The minimum atomic E-state index is -2.42. The van der Waals surface area contributed by atoms with Gasteiger partial charge in [-0.3, -0.25) is 0 Å². The van der Waals surface area contributed by atoms with Crippen molar-refractivity contribution in [3.8, 4) is 0 Å². The van der Waals surface area contributed by atoms with Crippen LogP contribution < -0.4 is 21.2 Å². The lowest BCUT2D eigenvalue weighted by Crippen LogP contribution is -2.34. The summed E-state index contributed by atoms with van der Waals surface area (Å²) in [5.74, 6) is 0. The van der Waals surface area contributed by atoms with Crippen molar-refractivity contribution in [1.82, 2.24) is 0 Å². The van der Waals surface area contributed by atoms with Gasteiger partial charge in [-0.25, -0.2) is 0 Å². The van der Waals surface area contributed by atoms with Crippen LogP contribution in [0, 0.1) is 0 Å². The van der Waals surface area contributed by atoms with Crippen LogP contribution in [0.2, 0.25) is 0 Å². The van der Waals surface area contributed by atoms with Crippen molar-refractivity contribution in [2.24, 2.45) is 0 Å². The van der Waals surface area contributed by atoms with E-state index in [1.807, 2.05) is 24.3 Å². The van der Waals surface area contributed by atoms with Gasteiger partial charge >= 0.3 is 15.1 Å². The summed E-state index contributed by atoms with van der Waals surface area (Å²) in [6, 6.07) is 37.6. The first-order valence-electron chi connectivity index (χ1n) is 13.7. The van der Waals surface area contributed by atoms with Crippen LogP contribution in [0.3, 0.4) is 0 Å². The van der Waals surface area contributed by atoms with Crippen LogP contribution in [0.15, 0.2) is 109 Å². The van der Waals surface area contributed by atoms with Gasteiger partial charge in [0.1, 0.15) is 0 Å². The van der Waals surface area contributed by atoms with Crippen molar-refractivity contribution < 1.29 is 18.9 Å². The number of hydrogen-bond acceptors (Lipinski definition) is 4. The van der Waals surface area contributed by atoms with Gasteiger partial charge in [0.2, 0.25) is 0 Å². The molecule has 2 saturated heterocycles. The molecule has 4 nitrogen and oxygen atoms in total. The molecule has 2 atom stereocenters. The summed E-state index contributed by atoms with van der Waals surface area (Å²) in [6.45, 7) is 2.31. The first-order valence-corrected chi connectivity index (χ1v) is 17.8. The van der Waals surface area contributed by atoms with E-state index < -0.39 is 26.9 Å². The average molecular weight is 564 g/mol. The zero-order chi connectivity index (χ0) is 27.4. The summed E-state index contributed by atoms with van der Waals surface area (Å²) in [7, 11) is 10.5. The molecule has 0 aromatic heterocycles. The molecular weight excluding hydrogens is 532 g/mol. The summed E-state index contributed by atoms with van der Waals surface area (Å²) in [5.41, 5.74) is 2.02. The lowest BCUT2D eigenvalue weighted by atomic mass is 10.2. The topological polar surface area (TPSA) is 36.9 Å². The first kappa shape index (κ1) is 27.9. The third-order valence-corrected chi connectivity index (χ3v) is 14.9. The van der Waals surface area contributed by atoms with Gasteiger partial charge in [0.25, 0.3) is 0 Å². The highest BCUT2D eigenvalue weighted by molar-refractivity contribution is 8.11. The van der Waals surface area contributed by atoms with Crippen molar-refractivity contribution in [3.05, 3.63) is 120 Å². The molecule has 2 aliphatic rings. The summed E-state index contributed by atoms with van der Waals surface area (Å²) in [5, 5.41) is 4.47. The van der Waals surface area contributed by atoms with Gasteiger partial charge in [0.05, 0.1) is 60.0 Å². The van der Waals surface area contributed by atoms with Crippen LogP contribution in [0.25, 0.3) is 0 Å². The van der Waals surface area contributed by atoms with E-state index >= 15 is 0 Å². The minimum Gasteiger partial charge on any atom is -0.346 e. The molecule has 0 amide bonds. The third kappa shape index (κ3) is 5.47. The lowest BCUT2D eigenvalue weighted by molar-refractivity contribution is -0.0435. The molecule has 0 N–H and O–H groups in total. The molecule has 198 valence electrons. The normalized spacial score (nSPS) is 19.3. The van der Waals surface area contributed by atoms with Crippen molar-refractivity contribution >= 4 is 50.6 Å². The maximum absolute atomic E-state index is 7.65. The molecule has 2 heterocycles. The molecular formula is C32H32B2O4P2+2. The van der Waals surface area contributed by atoms with Crippen molar-refractivity contribution in [2.75, 3.05) is 38.8 Å². The molecule has 4 aromatic rings. The van der Waals surface area contributed by atoms with Gasteiger partial charge in [0.15, 0.2) is 12.6 Å². The maximum atomic E-state index is 7.65. The largest absolute Gasteiger partial charge is 0.377 e. The van der Waals surface area contributed by atoms with Gasteiger partial charge in [-0.1, -0.05) is 72.8 Å². The van der Waals surface area contributed by atoms with Crippen LogP contribution in [0.4, 0.5) is 0 Å². The Balaban J connectivity index is 1.45. The van der Waals surface area contributed by atoms with Gasteiger partial charge in [-0.05, 0) is 36.4 Å². The van der Waals surface area contributed by atoms with E-state index in [2.05, 4.69) is 84.9 Å². The van der Waals surface area contributed by atoms with E-state index in [0.29, 0.717) is 26.4 Å². The van der Waals surface area contributed by atoms with E-state index in [-0.39, 0.29) is 0 Å². The first-order chi connectivity index (χ1) is 19.6. The summed E-state index contributed by atoms with van der Waals surface area (Å²) >= 11 is 0. The smallest absolute Gasteiger partial charge is 0.346 e. The van der Waals surface area contributed by atoms with Crippen LogP contribution in [0.1, 0.15) is 23.7 Å². The number of rotatable bonds is 9. The standard InChI is InChI=1S/C32H32B2O4P2/c33-39(25-11-3-1-4-12-25,29-17-9-7-15-27(29)31-35-19-20-36-31)23-24-40(34,26-13-5-2-6-14-26)30-18-10-8-16-28(30)32-37-21-22-38-32/h1-18,31-32H,19-24H2/q+2. The summed E-state index contributed by atoms with van der Waals surface area (Å²) < 4.78 is 23.8. The Morgan fingerprint density at radius 1 is 0.475 bits per heavy atom. The summed E-state index contributed by atoms with van der Waals surface area (Å²) in [4.78, 5) is 0. The Kier molecular flexibility index (Phi) is 8.56. The second-order valence-electron chi connectivity index (χ2n) is 10.1. The lowest BCUT2D eigenvalue weighted by Gasteiger charge is -2.31. The summed E-state index contributed by atoms with van der Waals surface area (Å²) in [6.07, 6.45) is 0.625. The van der Waals surface area contributed by atoms with Crippen LogP contribution in [0.5, 0.6) is 0 Å². The quantitative estimate of drug-likeness (QED) is 0.221. The molecule has 0 aliphatic carbocycles. The van der Waals surface area contributed by atoms with E-state index in [1.165, 1.54) is 0 Å². The van der Waals surface area contributed by atoms with Gasteiger partial charge in [-0.15, -0.1) is 0 Å². The highest BCUT2D eigenvalue weighted by Crippen LogP contribution is 2.60. The van der Waals surface area contributed by atoms with Crippen LogP contribution in [-0.2, 0) is 18.9 Å². The maximum Gasteiger partial charge on any atom is 0.377 e. The van der Waals surface area contributed by atoms with E-state index in [4.69, 9.17) is 34.1 Å². The van der Waals surface area contributed by atoms with Gasteiger partial charge in [0, 0.05) is 25.4 Å². The molecule has 0 spiro atoms. The zero-order valence-corrected chi connectivity index (χ0v) is 24.3. The van der Waals surface area contributed by atoms with Crippen molar-refractivity contribution in [1.29, 1.82) is 0 Å². The molecule has 40 heavy (non-hydrogen) atoms. The van der Waals surface area contributed by atoms with E-state index in [0.717, 1.165) is 44.7 Å². The zero-order valence-electron chi connectivity index (χ0n) is 22.5. The monoisotopic (exact) mass is 564 g/mol. The predicted octanol–water partition coefficient (Wildman–Crippen LogP) is 4.58. The van der Waals surface area contributed by atoms with Crippen LogP contribution >= 0.6 is 14.3 Å². The molecule has 0 saturated carbocycles. The predicted molar refractivity (Wildman–Crippen MR) is 169 cm³/mol.